The third-order valence-corrected chi connectivity index (χ3v) is 5.53. The number of fused-ring (bicyclic) bond motifs is 1. The molecule has 1 amide bonds. The molecule has 2 heterocycles. The SMILES string of the molecule is CC(C)[C@@H](Sc1ccccc1)C(=O)NCc1nnc2n1CCC2. The van der Waals surface area contributed by atoms with E-state index >= 15 is 0 Å². The highest BCUT2D eigenvalue weighted by molar-refractivity contribution is 8.00. The van der Waals surface area contributed by atoms with Gasteiger partial charge in [-0.3, -0.25) is 4.79 Å². The van der Waals surface area contributed by atoms with Gasteiger partial charge in [0.25, 0.3) is 0 Å². The number of hydrogen-bond acceptors (Lipinski definition) is 4. The maximum atomic E-state index is 12.6. The summed E-state index contributed by atoms with van der Waals surface area (Å²) in [6.07, 6.45) is 2.10. The van der Waals surface area contributed by atoms with E-state index in [0.717, 1.165) is 35.9 Å². The number of aryl methyl sites for hydroxylation is 1. The van der Waals surface area contributed by atoms with Crippen LogP contribution in [0.25, 0.3) is 0 Å². The summed E-state index contributed by atoms with van der Waals surface area (Å²) in [6, 6.07) is 10.1. The summed E-state index contributed by atoms with van der Waals surface area (Å²) in [5.41, 5.74) is 0. The van der Waals surface area contributed by atoms with Crippen molar-refractivity contribution in [3.05, 3.63) is 42.0 Å². The molecule has 0 spiro atoms. The number of aromatic nitrogens is 3. The van der Waals surface area contributed by atoms with Crippen molar-refractivity contribution in [2.24, 2.45) is 5.92 Å². The molecular formula is C17H22N4OS. The molecule has 122 valence electrons. The van der Waals surface area contributed by atoms with E-state index in [4.69, 9.17) is 0 Å². The highest BCUT2D eigenvalue weighted by Crippen LogP contribution is 2.28. The molecule has 5 nitrogen and oxygen atoms in total. The molecule has 0 radical (unpaired) electrons. The average molecular weight is 330 g/mol. The van der Waals surface area contributed by atoms with E-state index in [1.165, 1.54) is 0 Å². The van der Waals surface area contributed by atoms with E-state index < -0.39 is 0 Å². The van der Waals surface area contributed by atoms with Crippen molar-refractivity contribution in [3.63, 3.8) is 0 Å². The summed E-state index contributed by atoms with van der Waals surface area (Å²) < 4.78 is 2.12. The third-order valence-electron chi connectivity index (χ3n) is 3.98. The zero-order chi connectivity index (χ0) is 16.2. The van der Waals surface area contributed by atoms with Crippen molar-refractivity contribution in [2.45, 2.75) is 49.9 Å². The van der Waals surface area contributed by atoms with Gasteiger partial charge in [0.2, 0.25) is 5.91 Å². The van der Waals surface area contributed by atoms with Gasteiger partial charge in [-0.2, -0.15) is 0 Å². The van der Waals surface area contributed by atoms with Crippen LogP contribution < -0.4 is 5.32 Å². The Morgan fingerprint density at radius 3 is 2.83 bits per heavy atom. The van der Waals surface area contributed by atoms with Crippen LogP contribution in [0.3, 0.4) is 0 Å². The van der Waals surface area contributed by atoms with Crippen LogP contribution in [0.5, 0.6) is 0 Å². The Kier molecular flexibility index (Phi) is 5.00. The van der Waals surface area contributed by atoms with Gasteiger partial charge in [-0.15, -0.1) is 22.0 Å². The molecule has 0 saturated carbocycles. The maximum absolute atomic E-state index is 12.6. The molecule has 3 rings (SSSR count). The van der Waals surface area contributed by atoms with Gasteiger partial charge >= 0.3 is 0 Å². The minimum Gasteiger partial charge on any atom is -0.348 e. The zero-order valence-corrected chi connectivity index (χ0v) is 14.3. The normalized spacial score (nSPS) is 14.7. The van der Waals surface area contributed by atoms with Crippen molar-refractivity contribution in [3.8, 4) is 0 Å². The van der Waals surface area contributed by atoms with Gasteiger partial charge in [-0.1, -0.05) is 32.0 Å². The van der Waals surface area contributed by atoms with Crippen LogP contribution in [0.2, 0.25) is 0 Å². The van der Waals surface area contributed by atoms with E-state index in [1.54, 1.807) is 11.8 Å². The van der Waals surface area contributed by atoms with Crippen molar-refractivity contribution >= 4 is 17.7 Å². The molecule has 23 heavy (non-hydrogen) atoms. The number of benzene rings is 1. The second kappa shape index (κ2) is 7.17. The smallest absolute Gasteiger partial charge is 0.234 e. The van der Waals surface area contributed by atoms with Crippen molar-refractivity contribution in [2.75, 3.05) is 0 Å². The number of thioether (sulfide) groups is 1. The fourth-order valence-electron chi connectivity index (χ4n) is 2.75. The Morgan fingerprint density at radius 2 is 2.09 bits per heavy atom. The first-order valence-corrected chi connectivity index (χ1v) is 8.93. The van der Waals surface area contributed by atoms with Crippen molar-refractivity contribution < 1.29 is 4.79 Å². The molecule has 0 bridgehead atoms. The summed E-state index contributed by atoms with van der Waals surface area (Å²) in [5, 5.41) is 11.3. The van der Waals surface area contributed by atoms with Crippen LogP contribution >= 0.6 is 11.8 Å². The lowest BCUT2D eigenvalue weighted by molar-refractivity contribution is -0.121. The minimum atomic E-state index is -0.113. The first kappa shape index (κ1) is 16.1. The van der Waals surface area contributed by atoms with Gasteiger partial charge in [0.1, 0.15) is 5.82 Å². The second-order valence-corrected chi connectivity index (χ2v) is 7.32. The molecule has 1 aromatic carbocycles. The number of amides is 1. The van der Waals surface area contributed by atoms with Crippen LogP contribution in [0.1, 0.15) is 31.9 Å². The quantitative estimate of drug-likeness (QED) is 0.827. The highest BCUT2D eigenvalue weighted by atomic mass is 32.2. The lowest BCUT2D eigenvalue weighted by atomic mass is 10.1. The molecule has 0 saturated heterocycles. The minimum absolute atomic E-state index is 0.0594. The summed E-state index contributed by atoms with van der Waals surface area (Å²) in [7, 11) is 0. The Morgan fingerprint density at radius 1 is 1.30 bits per heavy atom. The van der Waals surface area contributed by atoms with E-state index in [9.17, 15) is 4.79 Å². The Labute approximate surface area is 140 Å². The zero-order valence-electron chi connectivity index (χ0n) is 13.5. The van der Waals surface area contributed by atoms with Crippen molar-refractivity contribution in [1.82, 2.24) is 20.1 Å². The van der Waals surface area contributed by atoms with Crippen LogP contribution in [0, 0.1) is 5.92 Å². The molecule has 2 aromatic rings. The largest absolute Gasteiger partial charge is 0.348 e. The number of rotatable bonds is 6. The van der Waals surface area contributed by atoms with Crippen molar-refractivity contribution in [1.29, 1.82) is 0 Å². The summed E-state index contributed by atoms with van der Waals surface area (Å²) in [6.45, 7) is 5.56. The first-order valence-electron chi connectivity index (χ1n) is 8.05. The van der Waals surface area contributed by atoms with Gasteiger partial charge in [0.15, 0.2) is 5.82 Å². The number of carbonyl (C=O) groups excluding carboxylic acids is 1. The summed E-state index contributed by atoms with van der Waals surface area (Å²) in [5.74, 6) is 2.21. The molecule has 1 aromatic heterocycles. The van der Waals surface area contributed by atoms with Gasteiger partial charge in [0, 0.05) is 17.9 Å². The van der Waals surface area contributed by atoms with E-state index in [-0.39, 0.29) is 17.1 Å². The standard InChI is InChI=1S/C17H22N4OS/c1-12(2)16(23-13-7-4-3-5-8-13)17(22)18-11-15-20-19-14-9-6-10-21(14)15/h3-5,7-8,12,16H,6,9-11H2,1-2H3,(H,18,22)/t16-/m1/s1. The molecular weight excluding hydrogens is 308 g/mol. The molecule has 0 unspecified atom stereocenters. The predicted molar refractivity (Wildman–Crippen MR) is 91.1 cm³/mol. The second-order valence-electron chi connectivity index (χ2n) is 6.10. The topological polar surface area (TPSA) is 59.8 Å². The lowest BCUT2D eigenvalue weighted by Crippen LogP contribution is -2.36. The fraction of sp³-hybridized carbons (Fsp3) is 0.471. The number of hydrogen-bond donors (Lipinski definition) is 1. The first-order chi connectivity index (χ1) is 11.1. The van der Waals surface area contributed by atoms with Gasteiger partial charge in [-0.05, 0) is 24.5 Å². The fourth-order valence-corrected chi connectivity index (χ4v) is 3.82. The van der Waals surface area contributed by atoms with E-state index in [0.29, 0.717) is 6.54 Å². The van der Waals surface area contributed by atoms with Crippen LogP contribution in [-0.2, 0) is 24.3 Å². The molecule has 0 aliphatic carbocycles. The summed E-state index contributed by atoms with van der Waals surface area (Å²) >= 11 is 1.61. The predicted octanol–water partition coefficient (Wildman–Crippen LogP) is 2.66. The molecule has 1 aliphatic heterocycles. The van der Waals surface area contributed by atoms with E-state index in [1.807, 2.05) is 30.3 Å². The monoisotopic (exact) mass is 330 g/mol. The van der Waals surface area contributed by atoms with Crippen LogP contribution in [0.15, 0.2) is 35.2 Å². The summed E-state index contributed by atoms with van der Waals surface area (Å²) in [4.78, 5) is 13.7. The molecule has 6 heteroatoms. The Bertz CT molecular complexity index is 668. The molecule has 1 aliphatic rings. The molecule has 0 fully saturated rings. The Hall–Kier alpha value is -1.82. The third kappa shape index (κ3) is 3.75. The average Bonchev–Trinajstić information content (AvgIpc) is 3.15. The van der Waals surface area contributed by atoms with E-state index in [2.05, 4.69) is 33.9 Å². The van der Waals surface area contributed by atoms with Crippen LogP contribution in [0.4, 0.5) is 0 Å². The van der Waals surface area contributed by atoms with Gasteiger partial charge in [-0.25, -0.2) is 0 Å². The van der Waals surface area contributed by atoms with Crippen LogP contribution in [-0.4, -0.2) is 25.9 Å². The van der Waals surface area contributed by atoms with Gasteiger partial charge < -0.3 is 9.88 Å². The highest BCUT2D eigenvalue weighted by Gasteiger charge is 2.24. The van der Waals surface area contributed by atoms with Gasteiger partial charge in [0.05, 0.1) is 11.8 Å². The Balaban J connectivity index is 1.62. The lowest BCUT2D eigenvalue weighted by Gasteiger charge is -2.19. The number of carbonyl (C=O) groups is 1. The number of nitrogens with zero attached hydrogens (tertiary/aromatic N) is 3. The number of nitrogens with one attached hydrogen (secondary N) is 1. The molecule has 1 N–H and O–H groups in total. The maximum Gasteiger partial charge on any atom is 0.234 e. The molecule has 1 atom stereocenters.